The molecule has 0 radical (unpaired) electrons. The Hall–Kier alpha value is -2.25. The van der Waals surface area contributed by atoms with Crippen LogP contribution in [0.15, 0.2) is 42.0 Å². The standard InChI is InChI=1S/C25H32N4O2S/c30-23(20-5-6-20)27-21(22-4-2-16-32-22)7-12-28-13-8-25(9-14-28)10-15-29(24(25)31)18-19-3-1-11-26-17-19/h1-4,11,16-17,20-21H,5-10,12-15,18H2,(H,27,30). The Bertz CT molecular complexity index is 921. The Kier molecular flexibility index (Phi) is 6.28. The van der Waals surface area contributed by atoms with Crippen molar-refractivity contribution in [3.05, 3.63) is 52.5 Å². The predicted molar refractivity (Wildman–Crippen MR) is 125 cm³/mol. The molecular formula is C25H32N4O2S. The molecule has 4 heterocycles. The minimum absolute atomic E-state index is 0.0991. The Morgan fingerprint density at radius 2 is 2.00 bits per heavy atom. The summed E-state index contributed by atoms with van der Waals surface area (Å²) in [6.07, 6.45) is 9.45. The van der Waals surface area contributed by atoms with E-state index in [1.165, 1.54) is 4.88 Å². The summed E-state index contributed by atoms with van der Waals surface area (Å²) in [7, 11) is 0. The molecule has 3 aliphatic rings. The molecule has 0 aromatic carbocycles. The molecule has 2 aromatic rings. The summed E-state index contributed by atoms with van der Waals surface area (Å²) in [4.78, 5) is 35.5. The fraction of sp³-hybridized carbons (Fsp3) is 0.560. The van der Waals surface area contributed by atoms with E-state index >= 15 is 0 Å². The van der Waals surface area contributed by atoms with Crippen molar-refractivity contribution in [2.75, 3.05) is 26.2 Å². The van der Waals surface area contributed by atoms with Gasteiger partial charge in [-0.1, -0.05) is 12.1 Å². The molecular weight excluding hydrogens is 420 g/mol. The van der Waals surface area contributed by atoms with Crippen molar-refractivity contribution in [1.82, 2.24) is 20.1 Å². The van der Waals surface area contributed by atoms with Gasteiger partial charge in [-0.25, -0.2) is 0 Å². The maximum absolute atomic E-state index is 13.2. The van der Waals surface area contributed by atoms with Crippen LogP contribution in [-0.4, -0.2) is 52.8 Å². The highest BCUT2D eigenvalue weighted by Crippen LogP contribution is 2.42. The zero-order valence-electron chi connectivity index (χ0n) is 18.5. The van der Waals surface area contributed by atoms with Crippen LogP contribution in [0.5, 0.6) is 0 Å². The first kappa shape index (κ1) is 21.6. The van der Waals surface area contributed by atoms with Crippen molar-refractivity contribution in [2.45, 2.75) is 51.1 Å². The number of hydrogen-bond acceptors (Lipinski definition) is 5. The third-order valence-electron chi connectivity index (χ3n) is 7.40. The van der Waals surface area contributed by atoms with Gasteiger partial charge in [0.05, 0.1) is 11.5 Å². The number of pyridine rings is 1. The normalized spacial score (nSPS) is 21.8. The Labute approximate surface area is 194 Å². The van der Waals surface area contributed by atoms with E-state index in [9.17, 15) is 9.59 Å². The summed E-state index contributed by atoms with van der Waals surface area (Å²) in [5.41, 5.74) is 0.926. The van der Waals surface area contributed by atoms with Crippen molar-refractivity contribution in [2.24, 2.45) is 11.3 Å². The highest BCUT2D eigenvalue weighted by molar-refractivity contribution is 7.10. The van der Waals surface area contributed by atoms with Gasteiger partial charge < -0.3 is 15.1 Å². The van der Waals surface area contributed by atoms with Gasteiger partial charge in [0.1, 0.15) is 0 Å². The highest BCUT2D eigenvalue weighted by atomic mass is 32.1. The van der Waals surface area contributed by atoms with Crippen LogP contribution in [0.1, 0.15) is 55.0 Å². The fourth-order valence-electron chi connectivity index (χ4n) is 5.15. The minimum atomic E-state index is -0.175. The van der Waals surface area contributed by atoms with Crippen LogP contribution in [0.3, 0.4) is 0 Å². The van der Waals surface area contributed by atoms with Crippen LogP contribution in [0.25, 0.3) is 0 Å². The molecule has 32 heavy (non-hydrogen) atoms. The van der Waals surface area contributed by atoms with Crippen molar-refractivity contribution in [1.29, 1.82) is 0 Å². The third-order valence-corrected chi connectivity index (χ3v) is 8.38. The van der Waals surface area contributed by atoms with Gasteiger partial charge in [0.25, 0.3) is 0 Å². The zero-order valence-corrected chi connectivity index (χ0v) is 19.4. The maximum Gasteiger partial charge on any atom is 0.229 e. The summed E-state index contributed by atoms with van der Waals surface area (Å²) in [5.74, 6) is 0.774. The van der Waals surface area contributed by atoms with Crippen LogP contribution in [0.4, 0.5) is 0 Å². The highest BCUT2D eigenvalue weighted by Gasteiger charge is 2.47. The van der Waals surface area contributed by atoms with Gasteiger partial charge in [0, 0.05) is 42.8 Å². The van der Waals surface area contributed by atoms with E-state index in [0.717, 1.165) is 70.3 Å². The topological polar surface area (TPSA) is 65.5 Å². The SMILES string of the molecule is O=C(NC(CCN1CCC2(CC1)CCN(Cc1cccnc1)C2=O)c1cccs1)C1CC1. The van der Waals surface area contributed by atoms with Gasteiger partial charge in [-0.05, 0) is 74.7 Å². The number of carbonyl (C=O) groups is 2. The first-order chi connectivity index (χ1) is 15.6. The number of likely N-dealkylation sites (tertiary alicyclic amines) is 2. The minimum Gasteiger partial charge on any atom is -0.348 e. The van der Waals surface area contributed by atoms with Crippen LogP contribution in [0.2, 0.25) is 0 Å². The van der Waals surface area contributed by atoms with Crippen LogP contribution in [-0.2, 0) is 16.1 Å². The lowest BCUT2D eigenvalue weighted by molar-refractivity contribution is -0.139. The molecule has 170 valence electrons. The molecule has 0 bridgehead atoms. The zero-order chi connectivity index (χ0) is 22.0. The molecule has 1 saturated carbocycles. The lowest BCUT2D eigenvalue weighted by atomic mass is 9.77. The van der Waals surface area contributed by atoms with E-state index in [-0.39, 0.29) is 23.3 Å². The number of hydrogen-bond donors (Lipinski definition) is 1. The number of thiophene rings is 1. The van der Waals surface area contributed by atoms with E-state index in [2.05, 4.69) is 32.7 Å². The molecule has 3 fully saturated rings. The first-order valence-corrected chi connectivity index (χ1v) is 12.8. The second kappa shape index (κ2) is 9.32. The largest absolute Gasteiger partial charge is 0.348 e. The van der Waals surface area contributed by atoms with Crippen LogP contribution in [0, 0.1) is 11.3 Å². The monoisotopic (exact) mass is 452 g/mol. The number of aromatic nitrogens is 1. The molecule has 2 amide bonds. The van der Waals surface area contributed by atoms with E-state index in [1.807, 2.05) is 23.2 Å². The van der Waals surface area contributed by atoms with Gasteiger partial charge in [0.2, 0.25) is 11.8 Å². The summed E-state index contributed by atoms with van der Waals surface area (Å²) >= 11 is 1.72. The fourth-order valence-corrected chi connectivity index (χ4v) is 5.96. The summed E-state index contributed by atoms with van der Waals surface area (Å²) < 4.78 is 0. The maximum atomic E-state index is 13.2. The Morgan fingerprint density at radius 3 is 2.69 bits per heavy atom. The number of rotatable bonds is 8. The quantitative estimate of drug-likeness (QED) is 0.665. The summed E-state index contributed by atoms with van der Waals surface area (Å²) in [5, 5.41) is 5.37. The average Bonchev–Trinajstić information content (AvgIpc) is 3.46. The lowest BCUT2D eigenvalue weighted by Gasteiger charge is -2.38. The predicted octanol–water partition coefficient (Wildman–Crippen LogP) is 3.62. The van der Waals surface area contributed by atoms with Crippen molar-refractivity contribution in [3.8, 4) is 0 Å². The Balaban J connectivity index is 1.13. The third kappa shape index (κ3) is 4.74. The van der Waals surface area contributed by atoms with E-state index in [4.69, 9.17) is 0 Å². The van der Waals surface area contributed by atoms with E-state index < -0.39 is 0 Å². The molecule has 1 aliphatic carbocycles. The van der Waals surface area contributed by atoms with Crippen molar-refractivity contribution in [3.63, 3.8) is 0 Å². The lowest BCUT2D eigenvalue weighted by Crippen LogP contribution is -2.45. The molecule has 2 aromatic heterocycles. The average molecular weight is 453 g/mol. The summed E-state index contributed by atoms with van der Waals surface area (Å²) in [6.45, 7) is 4.39. The second-order valence-electron chi connectivity index (χ2n) is 9.60. The molecule has 7 heteroatoms. The molecule has 1 unspecified atom stereocenters. The van der Waals surface area contributed by atoms with Gasteiger partial charge in [-0.2, -0.15) is 0 Å². The molecule has 1 spiro atoms. The van der Waals surface area contributed by atoms with Crippen molar-refractivity contribution >= 4 is 23.2 Å². The van der Waals surface area contributed by atoms with Crippen molar-refractivity contribution < 1.29 is 9.59 Å². The second-order valence-corrected chi connectivity index (χ2v) is 10.6. The van der Waals surface area contributed by atoms with Gasteiger partial charge in [-0.15, -0.1) is 11.3 Å². The first-order valence-electron chi connectivity index (χ1n) is 11.9. The molecule has 6 nitrogen and oxygen atoms in total. The van der Waals surface area contributed by atoms with Gasteiger partial charge in [0.15, 0.2) is 0 Å². The molecule has 5 rings (SSSR count). The number of carbonyl (C=O) groups excluding carboxylic acids is 2. The number of amides is 2. The number of piperidine rings is 1. The van der Waals surface area contributed by atoms with Crippen LogP contribution >= 0.6 is 11.3 Å². The van der Waals surface area contributed by atoms with E-state index in [1.54, 1.807) is 17.5 Å². The number of nitrogens with one attached hydrogen (secondary N) is 1. The van der Waals surface area contributed by atoms with E-state index in [0.29, 0.717) is 12.5 Å². The Morgan fingerprint density at radius 1 is 1.19 bits per heavy atom. The van der Waals surface area contributed by atoms with Gasteiger partial charge in [-0.3, -0.25) is 14.6 Å². The van der Waals surface area contributed by atoms with Gasteiger partial charge >= 0.3 is 0 Å². The smallest absolute Gasteiger partial charge is 0.229 e. The summed E-state index contributed by atoms with van der Waals surface area (Å²) in [6, 6.07) is 8.26. The molecule has 1 atom stereocenters. The molecule has 1 N–H and O–H groups in total. The molecule has 2 saturated heterocycles. The van der Waals surface area contributed by atoms with Crippen LogP contribution < -0.4 is 5.32 Å². The number of nitrogens with zero attached hydrogens (tertiary/aromatic N) is 3. The molecule has 2 aliphatic heterocycles.